The van der Waals surface area contributed by atoms with E-state index in [0.29, 0.717) is 10.6 Å². The molecule has 0 aromatic heterocycles. The summed E-state index contributed by atoms with van der Waals surface area (Å²) in [5.41, 5.74) is 0. The Bertz CT molecular complexity index is 332. The standard InChI is InChI=1S/C11H12FNS/c1-2-9(7-13)8-14-11-6-4-3-5-10(11)12/h3-6,9H,2,8H2,1H3. The maximum Gasteiger partial charge on any atom is 0.136 e. The SMILES string of the molecule is CCC(C#N)CSc1ccccc1F. The van der Waals surface area contributed by atoms with Gasteiger partial charge in [-0.25, -0.2) is 4.39 Å². The molecule has 74 valence electrons. The summed E-state index contributed by atoms with van der Waals surface area (Å²) in [6.07, 6.45) is 0.817. The Kier molecular flexibility index (Phi) is 4.48. The molecular formula is C11H12FNS. The molecule has 0 saturated heterocycles. The Morgan fingerprint density at radius 1 is 1.50 bits per heavy atom. The van der Waals surface area contributed by atoms with Crippen LogP contribution >= 0.6 is 11.8 Å². The monoisotopic (exact) mass is 209 g/mol. The molecule has 0 aliphatic carbocycles. The fourth-order valence-corrected chi connectivity index (χ4v) is 2.07. The summed E-state index contributed by atoms with van der Waals surface area (Å²) in [4.78, 5) is 0.626. The topological polar surface area (TPSA) is 23.8 Å². The predicted octanol–water partition coefficient (Wildman–Crippen LogP) is 3.47. The van der Waals surface area contributed by atoms with Crippen molar-refractivity contribution in [1.29, 1.82) is 5.26 Å². The number of rotatable bonds is 4. The van der Waals surface area contributed by atoms with Gasteiger partial charge in [0.2, 0.25) is 0 Å². The van der Waals surface area contributed by atoms with E-state index in [1.165, 1.54) is 17.8 Å². The molecule has 3 heteroatoms. The van der Waals surface area contributed by atoms with Crippen LogP contribution in [-0.2, 0) is 0 Å². The van der Waals surface area contributed by atoms with Gasteiger partial charge in [-0.2, -0.15) is 5.26 Å². The van der Waals surface area contributed by atoms with E-state index in [2.05, 4.69) is 6.07 Å². The van der Waals surface area contributed by atoms with E-state index >= 15 is 0 Å². The maximum absolute atomic E-state index is 13.1. The lowest BCUT2D eigenvalue weighted by Crippen LogP contribution is -1.98. The van der Waals surface area contributed by atoms with Gasteiger partial charge in [-0.15, -0.1) is 11.8 Å². The van der Waals surface area contributed by atoms with Gasteiger partial charge in [-0.05, 0) is 18.6 Å². The van der Waals surface area contributed by atoms with Gasteiger partial charge in [0.15, 0.2) is 0 Å². The van der Waals surface area contributed by atoms with E-state index in [9.17, 15) is 4.39 Å². The molecule has 14 heavy (non-hydrogen) atoms. The van der Waals surface area contributed by atoms with E-state index in [-0.39, 0.29) is 11.7 Å². The largest absolute Gasteiger partial charge is 0.206 e. The summed E-state index contributed by atoms with van der Waals surface area (Å²) in [5, 5.41) is 8.72. The second kappa shape index (κ2) is 5.66. The molecule has 1 unspecified atom stereocenters. The molecule has 1 nitrogen and oxygen atoms in total. The molecule has 0 aliphatic rings. The zero-order valence-corrected chi connectivity index (χ0v) is 8.85. The van der Waals surface area contributed by atoms with E-state index in [1.54, 1.807) is 18.2 Å². The summed E-state index contributed by atoms with van der Waals surface area (Å²) >= 11 is 1.41. The predicted molar refractivity (Wildman–Crippen MR) is 56.5 cm³/mol. The Balaban J connectivity index is 2.54. The van der Waals surface area contributed by atoms with Crippen molar-refractivity contribution in [3.05, 3.63) is 30.1 Å². The molecule has 0 amide bonds. The number of benzene rings is 1. The molecule has 0 heterocycles. The van der Waals surface area contributed by atoms with Crippen molar-refractivity contribution < 1.29 is 4.39 Å². The smallest absolute Gasteiger partial charge is 0.136 e. The number of nitriles is 1. The molecule has 0 spiro atoms. The van der Waals surface area contributed by atoms with Gasteiger partial charge >= 0.3 is 0 Å². The van der Waals surface area contributed by atoms with Crippen LogP contribution in [0.25, 0.3) is 0 Å². The summed E-state index contributed by atoms with van der Waals surface area (Å²) in [5.74, 6) is 0.471. The number of hydrogen-bond donors (Lipinski definition) is 0. The average Bonchev–Trinajstić information content (AvgIpc) is 2.22. The van der Waals surface area contributed by atoms with E-state index in [1.807, 2.05) is 6.92 Å². The first-order valence-electron chi connectivity index (χ1n) is 4.55. The molecule has 0 saturated carbocycles. The molecule has 0 aliphatic heterocycles. The summed E-state index contributed by atoms with van der Waals surface area (Å²) in [6, 6.07) is 8.85. The first kappa shape index (κ1) is 11.1. The molecule has 0 N–H and O–H groups in total. The van der Waals surface area contributed by atoms with Crippen LogP contribution in [0.2, 0.25) is 0 Å². The van der Waals surface area contributed by atoms with Crippen LogP contribution in [-0.4, -0.2) is 5.75 Å². The highest BCUT2D eigenvalue weighted by atomic mass is 32.2. The van der Waals surface area contributed by atoms with E-state index < -0.39 is 0 Å². The normalized spacial score (nSPS) is 12.1. The Morgan fingerprint density at radius 2 is 2.21 bits per heavy atom. The third-order valence-corrected chi connectivity index (χ3v) is 3.16. The number of thioether (sulfide) groups is 1. The Hall–Kier alpha value is -1.01. The van der Waals surface area contributed by atoms with Crippen molar-refractivity contribution in [2.75, 3.05) is 5.75 Å². The fraction of sp³-hybridized carbons (Fsp3) is 0.364. The average molecular weight is 209 g/mol. The highest BCUT2D eigenvalue weighted by molar-refractivity contribution is 7.99. The van der Waals surface area contributed by atoms with Crippen molar-refractivity contribution in [2.24, 2.45) is 5.92 Å². The minimum atomic E-state index is -0.203. The van der Waals surface area contributed by atoms with Crippen LogP contribution in [0.1, 0.15) is 13.3 Å². The molecular weight excluding hydrogens is 197 g/mol. The Labute approximate surface area is 87.9 Å². The third kappa shape index (κ3) is 3.04. The molecule has 1 aromatic carbocycles. The van der Waals surface area contributed by atoms with Gasteiger partial charge in [0.25, 0.3) is 0 Å². The highest BCUT2D eigenvalue weighted by Crippen LogP contribution is 2.24. The van der Waals surface area contributed by atoms with Gasteiger partial charge in [0, 0.05) is 10.6 Å². The van der Waals surface area contributed by atoms with Crippen molar-refractivity contribution in [2.45, 2.75) is 18.2 Å². The molecule has 1 atom stereocenters. The fourth-order valence-electron chi connectivity index (χ4n) is 0.999. The van der Waals surface area contributed by atoms with Gasteiger partial charge in [0.1, 0.15) is 5.82 Å². The molecule has 0 bridgehead atoms. The lowest BCUT2D eigenvalue weighted by molar-refractivity contribution is 0.601. The van der Waals surface area contributed by atoms with Crippen LogP contribution in [0.4, 0.5) is 4.39 Å². The quantitative estimate of drug-likeness (QED) is 0.709. The minimum absolute atomic E-state index is 0.0135. The number of hydrogen-bond acceptors (Lipinski definition) is 2. The van der Waals surface area contributed by atoms with Crippen molar-refractivity contribution in [3.63, 3.8) is 0 Å². The zero-order valence-electron chi connectivity index (χ0n) is 8.03. The van der Waals surface area contributed by atoms with Crippen LogP contribution < -0.4 is 0 Å². The summed E-state index contributed by atoms with van der Waals surface area (Å²) in [6.45, 7) is 1.97. The first-order valence-corrected chi connectivity index (χ1v) is 5.53. The summed E-state index contributed by atoms with van der Waals surface area (Å²) < 4.78 is 13.1. The summed E-state index contributed by atoms with van der Waals surface area (Å²) in [7, 11) is 0. The second-order valence-corrected chi connectivity index (χ2v) is 4.04. The van der Waals surface area contributed by atoms with Gasteiger partial charge in [0.05, 0.1) is 12.0 Å². The third-order valence-electron chi connectivity index (χ3n) is 1.95. The van der Waals surface area contributed by atoms with Crippen LogP contribution in [0.3, 0.4) is 0 Å². The minimum Gasteiger partial charge on any atom is -0.206 e. The van der Waals surface area contributed by atoms with E-state index in [4.69, 9.17) is 5.26 Å². The lowest BCUT2D eigenvalue weighted by atomic mass is 10.1. The number of nitrogens with zero attached hydrogens (tertiary/aromatic N) is 1. The molecule has 1 rings (SSSR count). The first-order chi connectivity index (χ1) is 6.77. The van der Waals surface area contributed by atoms with Crippen molar-refractivity contribution in [1.82, 2.24) is 0 Å². The van der Waals surface area contributed by atoms with Gasteiger partial charge in [-0.1, -0.05) is 19.1 Å². The Morgan fingerprint density at radius 3 is 2.79 bits per heavy atom. The molecule has 0 fully saturated rings. The zero-order chi connectivity index (χ0) is 10.4. The highest BCUT2D eigenvalue weighted by Gasteiger charge is 2.07. The van der Waals surface area contributed by atoms with Crippen molar-refractivity contribution >= 4 is 11.8 Å². The lowest BCUT2D eigenvalue weighted by Gasteiger charge is -2.05. The van der Waals surface area contributed by atoms with E-state index in [0.717, 1.165) is 6.42 Å². The van der Waals surface area contributed by atoms with Crippen LogP contribution in [0.5, 0.6) is 0 Å². The number of halogens is 1. The molecule has 1 aromatic rings. The van der Waals surface area contributed by atoms with Gasteiger partial charge < -0.3 is 0 Å². The maximum atomic E-state index is 13.1. The second-order valence-electron chi connectivity index (χ2n) is 2.98. The molecule has 0 radical (unpaired) electrons. The van der Waals surface area contributed by atoms with Crippen LogP contribution in [0, 0.1) is 23.1 Å². The van der Waals surface area contributed by atoms with Crippen LogP contribution in [0.15, 0.2) is 29.2 Å². The van der Waals surface area contributed by atoms with Crippen molar-refractivity contribution in [3.8, 4) is 6.07 Å². The van der Waals surface area contributed by atoms with Gasteiger partial charge in [-0.3, -0.25) is 0 Å².